The summed E-state index contributed by atoms with van der Waals surface area (Å²) in [7, 11) is 0. The van der Waals surface area contributed by atoms with Crippen molar-refractivity contribution in [3.8, 4) is 0 Å². The summed E-state index contributed by atoms with van der Waals surface area (Å²) >= 11 is 0. The zero-order valence-corrected chi connectivity index (χ0v) is 12.0. The van der Waals surface area contributed by atoms with Crippen LogP contribution in [0.2, 0.25) is 0 Å². The Morgan fingerprint density at radius 2 is 2.00 bits per heavy atom. The molecule has 3 aliphatic rings. The van der Waals surface area contributed by atoms with E-state index in [0.717, 1.165) is 37.3 Å². The molecule has 0 spiro atoms. The lowest BCUT2D eigenvalue weighted by Gasteiger charge is -2.21. The molecular weight excluding hydrogens is 234 g/mol. The Hall–Kier alpha value is -0.830. The molecule has 1 aromatic heterocycles. The van der Waals surface area contributed by atoms with Gasteiger partial charge in [-0.05, 0) is 43.4 Å². The third-order valence-electron chi connectivity index (χ3n) is 5.23. The van der Waals surface area contributed by atoms with Gasteiger partial charge in [0, 0.05) is 38.2 Å². The van der Waals surface area contributed by atoms with E-state index < -0.39 is 0 Å². The zero-order chi connectivity index (χ0) is 12.8. The van der Waals surface area contributed by atoms with E-state index in [4.69, 9.17) is 4.98 Å². The highest BCUT2D eigenvalue weighted by molar-refractivity contribution is 5.20. The van der Waals surface area contributed by atoms with E-state index in [1.807, 2.05) is 0 Å². The molecule has 2 aliphatic carbocycles. The fraction of sp³-hybridized carbons (Fsp3) is 0.812. The standard InChI is InChI=1S/C16H25N3/c1-2-16-18-14-9-17-8-7-15(14)19(16)10-13(11-3-4-11)12-5-6-12/h11-13,17H,2-10H2,1H3. The van der Waals surface area contributed by atoms with Gasteiger partial charge in [0.15, 0.2) is 0 Å². The third kappa shape index (κ3) is 2.22. The maximum Gasteiger partial charge on any atom is 0.108 e. The molecule has 0 aromatic carbocycles. The fourth-order valence-electron chi connectivity index (χ4n) is 3.85. The van der Waals surface area contributed by atoms with Crippen LogP contribution in [0.4, 0.5) is 0 Å². The number of fused-ring (bicyclic) bond motifs is 1. The Bertz CT molecular complexity index is 457. The van der Waals surface area contributed by atoms with Crippen molar-refractivity contribution in [2.75, 3.05) is 6.54 Å². The van der Waals surface area contributed by atoms with Gasteiger partial charge >= 0.3 is 0 Å². The molecule has 3 heteroatoms. The van der Waals surface area contributed by atoms with Crippen LogP contribution in [-0.2, 0) is 25.9 Å². The van der Waals surface area contributed by atoms with Crippen LogP contribution in [-0.4, -0.2) is 16.1 Å². The first-order valence-corrected chi connectivity index (χ1v) is 8.14. The summed E-state index contributed by atoms with van der Waals surface area (Å²) in [6.07, 6.45) is 8.20. The number of rotatable bonds is 5. The summed E-state index contributed by atoms with van der Waals surface area (Å²) in [4.78, 5) is 4.88. The van der Waals surface area contributed by atoms with Gasteiger partial charge in [0.25, 0.3) is 0 Å². The Labute approximate surface area is 115 Å². The van der Waals surface area contributed by atoms with Gasteiger partial charge in [-0.15, -0.1) is 0 Å². The highest BCUT2D eigenvalue weighted by Gasteiger charge is 2.42. The molecule has 0 saturated heterocycles. The van der Waals surface area contributed by atoms with Gasteiger partial charge in [0.05, 0.1) is 5.69 Å². The van der Waals surface area contributed by atoms with E-state index in [-0.39, 0.29) is 0 Å². The van der Waals surface area contributed by atoms with Crippen LogP contribution in [0.15, 0.2) is 0 Å². The van der Waals surface area contributed by atoms with Crippen molar-refractivity contribution in [1.82, 2.24) is 14.9 Å². The van der Waals surface area contributed by atoms with E-state index in [9.17, 15) is 0 Å². The maximum absolute atomic E-state index is 4.88. The normalized spacial score (nSPS) is 22.8. The lowest BCUT2D eigenvalue weighted by atomic mass is 9.97. The number of hydrogen-bond donors (Lipinski definition) is 1. The first-order chi connectivity index (χ1) is 9.36. The number of nitrogens with zero attached hydrogens (tertiary/aromatic N) is 2. The van der Waals surface area contributed by atoms with Gasteiger partial charge in [-0.25, -0.2) is 4.98 Å². The molecule has 1 aromatic rings. The molecule has 0 radical (unpaired) electrons. The summed E-state index contributed by atoms with van der Waals surface area (Å²) in [6, 6.07) is 0. The number of imidazole rings is 1. The van der Waals surface area contributed by atoms with E-state index in [0.29, 0.717) is 0 Å². The maximum atomic E-state index is 4.88. The monoisotopic (exact) mass is 259 g/mol. The fourth-order valence-corrected chi connectivity index (χ4v) is 3.85. The van der Waals surface area contributed by atoms with Crippen molar-refractivity contribution in [3.63, 3.8) is 0 Å². The van der Waals surface area contributed by atoms with Crippen LogP contribution in [0.25, 0.3) is 0 Å². The molecule has 2 heterocycles. The van der Waals surface area contributed by atoms with Crippen molar-refractivity contribution in [1.29, 1.82) is 0 Å². The van der Waals surface area contributed by atoms with E-state index >= 15 is 0 Å². The Morgan fingerprint density at radius 1 is 1.26 bits per heavy atom. The van der Waals surface area contributed by atoms with Crippen molar-refractivity contribution in [2.45, 2.75) is 58.5 Å². The lowest BCUT2D eigenvalue weighted by molar-refractivity contribution is 0.339. The molecule has 3 nitrogen and oxygen atoms in total. The largest absolute Gasteiger partial charge is 0.331 e. The number of nitrogens with one attached hydrogen (secondary N) is 1. The van der Waals surface area contributed by atoms with Crippen molar-refractivity contribution in [2.24, 2.45) is 17.8 Å². The van der Waals surface area contributed by atoms with E-state index in [1.165, 1.54) is 50.2 Å². The minimum absolute atomic E-state index is 0.957. The highest BCUT2D eigenvalue weighted by atomic mass is 15.1. The summed E-state index contributed by atoms with van der Waals surface area (Å²) in [5, 5.41) is 3.45. The van der Waals surface area contributed by atoms with Gasteiger partial charge in [0.1, 0.15) is 5.82 Å². The first kappa shape index (κ1) is 12.0. The second-order valence-corrected chi connectivity index (χ2v) is 6.65. The smallest absolute Gasteiger partial charge is 0.108 e. The van der Waals surface area contributed by atoms with Crippen molar-refractivity contribution in [3.05, 3.63) is 17.2 Å². The second-order valence-electron chi connectivity index (χ2n) is 6.65. The molecule has 2 fully saturated rings. The highest BCUT2D eigenvalue weighted by Crippen LogP contribution is 2.50. The minimum atomic E-state index is 0.957. The summed E-state index contributed by atoms with van der Waals surface area (Å²) in [5.74, 6) is 4.37. The van der Waals surface area contributed by atoms with Gasteiger partial charge in [-0.2, -0.15) is 0 Å². The van der Waals surface area contributed by atoms with Crippen LogP contribution in [0.5, 0.6) is 0 Å². The van der Waals surface area contributed by atoms with Gasteiger partial charge < -0.3 is 9.88 Å². The molecule has 0 bridgehead atoms. The predicted octanol–water partition coefficient (Wildman–Crippen LogP) is 2.53. The molecule has 19 heavy (non-hydrogen) atoms. The van der Waals surface area contributed by atoms with Crippen molar-refractivity contribution >= 4 is 0 Å². The Balaban J connectivity index is 1.63. The summed E-state index contributed by atoms with van der Waals surface area (Å²) in [6.45, 7) is 5.62. The molecule has 104 valence electrons. The summed E-state index contributed by atoms with van der Waals surface area (Å²) < 4.78 is 2.61. The molecule has 4 rings (SSSR count). The number of aryl methyl sites for hydroxylation is 1. The molecule has 1 aliphatic heterocycles. The van der Waals surface area contributed by atoms with Gasteiger partial charge in [0.2, 0.25) is 0 Å². The summed E-state index contributed by atoms with van der Waals surface area (Å²) in [5.41, 5.74) is 2.87. The number of hydrogen-bond acceptors (Lipinski definition) is 2. The predicted molar refractivity (Wildman–Crippen MR) is 76.0 cm³/mol. The molecule has 0 unspecified atom stereocenters. The molecular formula is C16H25N3. The zero-order valence-electron chi connectivity index (χ0n) is 12.0. The van der Waals surface area contributed by atoms with E-state index in [2.05, 4.69) is 16.8 Å². The number of aromatic nitrogens is 2. The average molecular weight is 259 g/mol. The van der Waals surface area contributed by atoms with Gasteiger partial charge in [-0.1, -0.05) is 6.92 Å². The van der Waals surface area contributed by atoms with Crippen molar-refractivity contribution < 1.29 is 0 Å². The van der Waals surface area contributed by atoms with E-state index in [1.54, 1.807) is 5.69 Å². The lowest BCUT2D eigenvalue weighted by Crippen LogP contribution is -2.26. The SMILES string of the molecule is CCc1nc2c(n1CC(C1CC1)C1CC1)CCNC2. The Kier molecular flexibility index (Phi) is 2.91. The minimum Gasteiger partial charge on any atom is -0.331 e. The molecule has 0 atom stereocenters. The molecule has 0 amide bonds. The van der Waals surface area contributed by atoms with Crippen LogP contribution in [0, 0.1) is 17.8 Å². The topological polar surface area (TPSA) is 29.9 Å². The molecule has 1 N–H and O–H groups in total. The van der Waals surface area contributed by atoms with Gasteiger partial charge in [-0.3, -0.25) is 0 Å². The first-order valence-electron chi connectivity index (χ1n) is 8.14. The third-order valence-corrected chi connectivity index (χ3v) is 5.23. The molecule has 2 saturated carbocycles. The average Bonchev–Trinajstić information content (AvgIpc) is 3.33. The van der Waals surface area contributed by atoms with Crippen LogP contribution >= 0.6 is 0 Å². The quantitative estimate of drug-likeness (QED) is 0.880. The van der Waals surface area contributed by atoms with Crippen LogP contribution in [0.3, 0.4) is 0 Å². The van der Waals surface area contributed by atoms with Crippen LogP contribution in [0.1, 0.15) is 49.8 Å². The Morgan fingerprint density at radius 3 is 2.63 bits per heavy atom. The second kappa shape index (κ2) is 4.62. The van der Waals surface area contributed by atoms with Crippen LogP contribution < -0.4 is 5.32 Å².